The lowest BCUT2D eigenvalue weighted by atomic mass is 9.92. The Labute approximate surface area is 265 Å². The zero-order valence-corrected chi connectivity index (χ0v) is 26.4. The van der Waals surface area contributed by atoms with E-state index in [2.05, 4.69) is 97.9 Å². The van der Waals surface area contributed by atoms with Crippen molar-refractivity contribution in [3.05, 3.63) is 165 Å². The van der Waals surface area contributed by atoms with Crippen molar-refractivity contribution in [2.24, 2.45) is 0 Å². The number of hydrogen-bond donors (Lipinski definition) is 2. The summed E-state index contributed by atoms with van der Waals surface area (Å²) in [6, 6.07) is 41.9. The molecule has 5 aromatic rings. The maximum absolute atomic E-state index is 5.91. The highest BCUT2D eigenvalue weighted by atomic mass is 14.5. The second-order valence-corrected chi connectivity index (χ2v) is 12.4. The average molecular weight is 581 g/mol. The topological polar surface area (TPSA) is 52.0 Å². The quantitative estimate of drug-likeness (QED) is 0.0956. The summed E-state index contributed by atoms with van der Waals surface area (Å²) in [4.78, 5) is 0. The van der Waals surface area contributed by atoms with Crippen LogP contribution >= 0.6 is 0 Å². The molecule has 0 saturated heterocycles. The van der Waals surface area contributed by atoms with Gasteiger partial charge in [-0.3, -0.25) is 0 Å². The molecule has 0 heterocycles. The van der Waals surface area contributed by atoms with Crippen LogP contribution in [0.15, 0.2) is 115 Å². The van der Waals surface area contributed by atoms with E-state index in [1.807, 2.05) is 24.3 Å². The van der Waals surface area contributed by atoms with Gasteiger partial charge in [-0.1, -0.05) is 130 Å². The Balaban J connectivity index is 1.21. The predicted molar refractivity (Wildman–Crippen MR) is 189 cm³/mol. The third-order valence-corrected chi connectivity index (χ3v) is 8.70. The lowest BCUT2D eigenvalue weighted by molar-refractivity contribution is 0.606. The molecule has 44 heavy (non-hydrogen) atoms. The minimum atomic E-state index is 0.812. The summed E-state index contributed by atoms with van der Waals surface area (Å²) in [6.45, 7) is 2.29. The maximum atomic E-state index is 5.91. The number of aryl methyl sites for hydroxylation is 1. The summed E-state index contributed by atoms with van der Waals surface area (Å²) in [5.74, 6) is 0. The van der Waals surface area contributed by atoms with Crippen molar-refractivity contribution in [3.63, 3.8) is 0 Å². The fourth-order valence-corrected chi connectivity index (χ4v) is 6.04. The average Bonchev–Trinajstić information content (AvgIpc) is 3.04. The minimum absolute atomic E-state index is 0.812. The first-order valence-corrected chi connectivity index (χ1v) is 16.5. The number of unbranched alkanes of at least 4 members (excludes halogenated alkanes) is 5. The molecular weight excluding hydrogens is 532 g/mol. The van der Waals surface area contributed by atoms with Crippen molar-refractivity contribution < 1.29 is 0 Å². The molecule has 0 aliphatic carbocycles. The minimum Gasteiger partial charge on any atom is -0.399 e. The molecule has 2 nitrogen and oxygen atoms in total. The van der Waals surface area contributed by atoms with Crippen molar-refractivity contribution in [1.82, 2.24) is 0 Å². The molecule has 0 amide bonds. The molecule has 0 saturated carbocycles. The van der Waals surface area contributed by atoms with Crippen LogP contribution < -0.4 is 11.5 Å². The summed E-state index contributed by atoms with van der Waals surface area (Å²) < 4.78 is 0. The zero-order chi connectivity index (χ0) is 30.6. The molecule has 2 heteroatoms. The molecule has 5 aromatic carbocycles. The molecule has 0 radical (unpaired) electrons. The second-order valence-electron chi connectivity index (χ2n) is 12.4. The highest BCUT2D eigenvalue weighted by Crippen LogP contribution is 2.23. The summed E-state index contributed by atoms with van der Waals surface area (Å²) in [5.41, 5.74) is 25.7. The van der Waals surface area contributed by atoms with E-state index < -0.39 is 0 Å². The Morgan fingerprint density at radius 1 is 0.364 bits per heavy atom. The second kappa shape index (κ2) is 16.0. The molecule has 0 aromatic heterocycles. The van der Waals surface area contributed by atoms with Gasteiger partial charge in [0.15, 0.2) is 0 Å². The Kier molecular flexibility index (Phi) is 11.3. The van der Waals surface area contributed by atoms with Gasteiger partial charge in [0.1, 0.15) is 0 Å². The van der Waals surface area contributed by atoms with Crippen LogP contribution in [-0.2, 0) is 32.1 Å². The van der Waals surface area contributed by atoms with E-state index >= 15 is 0 Å². The molecule has 0 fully saturated rings. The highest BCUT2D eigenvalue weighted by molar-refractivity contribution is 5.43. The van der Waals surface area contributed by atoms with Crippen molar-refractivity contribution in [2.45, 2.75) is 77.6 Å². The fraction of sp³-hybridized carbons (Fsp3) is 0.286. The molecule has 0 spiro atoms. The zero-order valence-electron chi connectivity index (χ0n) is 26.4. The molecule has 4 N–H and O–H groups in total. The van der Waals surface area contributed by atoms with Crippen LogP contribution in [-0.4, -0.2) is 0 Å². The van der Waals surface area contributed by atoms with Gasteiger partial charge in [0.25, 0.3) is 0 Å². The molecule has 226 valence electrons. The SMILES string of the molecule is CCCCCCCCc1cc(Cc2ccc(N)cc2)ccc1Cc1ccc(Cc2ccc(Cc3ccc(N)cc3)cc2)cc1. The number of nitrogens with two attached hydrogens (primary N) is 2. The van der Waals surface area contributed by atoms with Crippen molar-refractivity contribution in [2.75, 3.05) is 11.5 Å². The van der Waals surface area contributed by atoms with E-state index in [0.717, 1.165) is 43.5 Å². The summed E-state index contributed by atoms with van der Waals surface area (Å²) in [6.07, 6.45) is 12.9. The molecule has 0 atom stereocenters. The standard InChI is InChI=1S/C42H48N2/c1-2-3-4-5-6-7-8-39-31-38(29-36-20-25-42(44)26-21-36)17-22-40(39)30-37-15-13-34(14-16-37)27-32-9-11-33(12-10-32)28-35-18-23-41(43)24-19-35/h9-26,31H,2-8,27-30,43-44H2,1H3. The third-order valence-electron chi connectivity index (χ3n) is 8.70. The van der Waals surface area contributed by atoms with Gasteiger partial charge in [-0.25, -0.2) is 0 Å². The van der Waals surface area contributed by atoms with Gasteiger partial charge >= 0.3 is 0 Å². The van der Waals surface area contributed by atoms with E-state index in [0.29, 0.717) is 0 Å². The van der Waals surface area contributed by atoms with Crippen LogP contribution in [0.3, 0.4) is 0 Å². The van der Waals surface area contributed by atoms with E-state index in [-0.39, 0.29) is 0 Å². The smallest absolute Gasteiger partial charge is 0.0314 e. The number of rotatable bonds is 15. The lowest BCUT2D eigenvalue weighted by Gasteiger charge is -2.14. The van der Waals surface area contributed by atoms with Crippen LogP contribution in [0.5, 0.6) is 0 Å². The Morgan fingerprint density at radius 3 is 1.20 bits per heavy atom. The van der Waals surface area contributed by atoms with E-state index in [1.165, 1.54) is 88.6 Å². The largest absolute Gasteiger partial charge is 0.399 e. The summed E-state index contributed by atoms with van der Waals surface area (Å²) in [5, 5.41) is 0. The van der Waals surface area contributed by atoms with Crippen LogP contribution in [0.4, 0.5) is 11.4 Å². The molecule has 0 aliphatic heterocycles. The Hall–Kier alpha value is -4.30. The van der Waals surface area contributed by atoms with Crippen LogP contribution in [0.2, 0.25) is 0 Å². The normalized spacial score (nSPS) is 11.1. The van der Waals surface area contributed by atoms with Gasteiger partial charge in [-0.15, -0.1) is 0 Å². The molecule has 0 bridgehead atoms. The number of anilines is 2. The molecule has 5 rings (SSSR count). The third kappa shape index (κ3) is 9.61. The Bertz CT molecular complexity index is 1560. The summed E-state index contributed by atoms with van der Waals surface area (Å²) >= 11 is 0. The molecule has 0 aliphatic rings. The van der Waals surface area contributed by atoms with E-state index in [1.54, 1.807) is 0 Å². The van der Waals surface area contributed by atoms with Crippen molar-refractivity contribution in [1.29, 1.82) is 0 Å². The monoisotopic (exact) mass is 580 g/mol. The van der Waals surface area contributed by atoms with Crippen molar-refractivity contribution in [3.8, 4) is 0 Å². The van der Waals surface area contributed by atoms with E-state index in [9.17, 15) is 0 Å². The first-order valence-electron chi connectivity index (χ1n) is 16.5. The van der Waals surface area contributed by atoms with Crippen LogP contribution in [0, 0.1) is 0 Å². The van der Waals surface area contributed by atoms with Gasteiger partial charge < -0.3 is 11.5 Å². The number of benzene rings is 5. The van der Waals surface area contributed by atoms with Crippen LogP contribution in [0.1, 0.15) is 95.5 Å². The summed E-state index contributed by atoms with van der Waals surface area (Å²) in [7, 11) is 0. The molecule has 0 unspecified atom stereocenters. The maximum Gasteiger partial charge on any atom is 0.0314 e. The van der Waals surface area contributed by atoms with Crippen LogP contribution in [0.25, 0.3) is 0 Å². The number of nitrogen functional groups attached to an aromatic ring is 2. The fourth-order valence-electron chi connectivity index (χ4n) is 6.04. The lowest BCUT2D eigenvalue weighted by Crippen LogP contribution is -2.00. The predicted octanol–water partition coefficient (Wildman–Crippen LogP) is 10.1. The van der Waals surface area contributed by atoms with Gasteiger partial charge in [-0.2, -0.15) is 0 Å². The number of hydrogen-bond acceptors (Lipinski definition) is 2. The first kappa shape index (κ1) is 31.1. The molecular formula is C42H48N2. The first-order chi connectivity index (χ1) is 21.5. The van der Waals surface area contributed by atoms with Crippen molar-refractivity contribution >= 4 is 11.4 Å². The Morgan fingerprint density at radius 2 is 0.727 bits per heavy atom. The van der Waals surface area contributed by atoms with Gasteiger partial charge in [0.05, 0.1) is 0 Å². The van der Waals surface area contributed by atoms with E-state index in [4.69, 9.17) is 11.5 Å². The van der Waals surface area contributed by atoms with Gasteiger partial charge in [-0.05, 0) is 113 Å². The highest BCUT2D eigenvalue weighted by Gasteiger charge is 2.08. The van der Waals surface area contributed by atoms with Gasteiger partial charge in [0, 0.05) is 11.4 Å². The van der Waals surface area contributed by atoms with Gasteiger partial charge in [0.2, 0.25) is 0 Å².